The van der Waals surface area contributed by atoms with Crippen molar-refractivity contribution in [1.29, 1.82) is 0 Å². The number of carbonyl (C=O) groups excluding carboxylic acids is 1. The number of aromatic nitrogens is 2. The van der Waals surface area contributed by atoms with Crippen molar-refractivity contribution in [3.05, 3.63) is 28.7 Å². The Morgan fingerprint density at radius 2 is 1.68 bits per heavy atom. The molecular formula is C19H22ClN3O5. The van der Waals surface area contributed by atoms with Crippen molar-refractivity contribution in [3.8, 4) is 17.2 Å². The molecule has 0 atom stereocenters. The van der Waals surface area contributed by atoms with Gasteiger partial charge in [-0.2, -0.15) is 0 Å². The number of esters is 1. The molecule has 9 heteroatoms. The molecule has 3 rings (SSSR count). The number of hydrogen-bond donors (Lipinski definition) is 0. The van der Waals surface area contributed by atoms with Crippen LogP contribution in [0, 0.1) is 0 Å². The summed E-state index contributed by atoms with van der Waals surface area (Å²) in [6, 6.07) is 3.54. The minimum atomic E-state index is -0.603. The van der Waals surface area contributed by atoms with Crippen LogP contribution in [-0.4, -0.2) is 51.4 Å². The van der Waals surface area contributed by atoms with E-state index < -0.39 is 5.97 Å². The molecule has 0 radical (unpaired) electrons. The number of rotatable bonds is 7. The van der Waals surface area contributed by atoms with Crippen LogP contribution in [0.15, 0.2) is 12.1 Å². The Kier molecular flexibility index (Phi) is 5.79. The number of anilines is 2. The second kappa shape index (κ2) is 8.10. The molecule has 0 aliphatic heterocycles. The first-order valence-electron chi connectivity index (χ1n) is 8.64. The summed E-state index contributed by atoms with van der Waals surface area (Å²) in [4.78, 5) is 22.8. The summed E-state index contributed by atoms with van der Waals surface area (Å²) < 4.78 is 21.0. The second-order valence-electron chi connectivity index (χ2n) is 6.28. The number of hydrogen-bond acceptors (Lipinski definition) is 8. The molecule has 2 aromatic rings. The molecule has 150 valence electrons. The Morgan fingerprint density at radius 3 is 2.14 bits per heavy atom. The molecule has 0 spiro atoms. The summed E-state index contributed by atoms with van der Waals surface area (Å²) in [6.45, 7) is 0. The summed E-state index contributed by atoms with van der Waals surface area (Å²) in [6.07, 6.45) is 1.96. The van der Waals surface area contributed by atoms with Gasteiger partial charge in [0.1, 0.15) is 10.8 Å². The highest BCUT2D eigenvalue weighted by Crippen LogP contribution is 2.44. The van der Waals surface area contributed by atoms with E-state index in [9.17, 15) is 4.79 Å². The highest BCUT2D eigenvalue weighted by Gasteiger charge is 2.31. The van der Waals surface area contributed by atoms with Gasteiger partial charge >= 0.3 is 5.97 Å². The van der Waals surface area contributed by atoms with E-state index in [1.165, 1.54) is 14.2 Å². The fourth-order valence-corrected chi connectivity index (χ4v) is 3.10. The van der Waals surface area contributed by atoms with Crippen LogP contribution >= 0.6 is 11.6 Å². The summed E-state index contributed by atoms with van der Waals surface area (Å²) >= 11 is 6.48. The Bertz CT molecular complexity index is 876. The van der Waals surface area contributed by atoms with Crippen molar-refractivity contribution in [2.45, 2.75) is 18.8 Å². The van der Waals surface area contributed by atoms with Gasteiger partial charge in [0.25, 0.3) is 0 Å². The first kappa shape index (κ1) is 20.0. The van der Waals surface area contributed by atoms with Gasteiger partial charge in [0, 0.05) is 30.8 Å². The molecule has 0 N–H and O–H groups in total. The lowest BCUT2D eigenvalue weighted by Gasteiger charge is -2.23. The van der Waals surface area contributed by atoms with Gasteiger partial charge in [0.2, 0.25) is 5.75 Å². The topological polar surface area (TPSA) is 83.0 Å². The van der Waals surface area contributed by atoms with Crippen LogP contribution in [-0.2, 0) is 4.74 Å². The molecule has 28 heavy (non-hydrogen) atoms. The number of methoxy groups -OCH3 is 4. The van der Waals surface area contributed by atoms with E-state index in [0.717, 1.165) is 12.8 Å². The van der Waals surface area contributed by atoms with E-state index in [-0.39, 0.29) is 16.6 Å². The van der Waals surface area contributed by atoms with Gasteiger partial charge in [0.05, 0.1) is 28.4 Å². The molecule has 1 saturated carbocycles. The van der Waals surface area contributed by atoms with Crippen LogP contribution < -0.4 is 19.1 Å². The predicted molar refractivity (Wildman–Crippen MR) is 105 cm³/mol. The Morgan fingerprint density at radius 1 is 1.07 bits per heavy atom. The molecule has 1 aromatic carbocycles. The molecule has 0 unspecified atom stereocenters. The SMILES string of the molecule is COC(=O)c1nc(C2CC2)nc(N(C)c2cc(OC)c(OC)c(OC)c2)c1Cl. The molecule has 0 amide bonds. The number of nitrogens with zero attached hydrogens (tertiary/aromatic N) is 3. The molecule has 1 fully saturated rings. The van der Waals surface area contributed by atoms with Gasteiger partial charge in [-0.1, -0.05) is 11.6 Å². The van der Waals surface area contributed by atoms with Crippen molar-refractivity contribution in [1.82, 2.24) is 9.97 Å². The minimum Gasteiger partial charge on any atom is -0.493 e. The average Bonchev–Trinajstić information content (AvgIpc) is 3.57. The van der Waals surface area contributed by atoms with E-state index in [0.29, 0.717) is 34.6 Å². The zero-order valence-corrected chi connectivity index (χ0v) is 17.2. The number of carbonyl (C=O) groups is 1. The van der Waals surface area contributed by atoms with Gasteiger partial charge in [0.15, 0.2) is 23.0 Å². The minimum absolute atomic E-state index is 0.0513. The third-order valence-electron chi connectivity index (χ3n) is 4.53. The molecule has 8 nitrogen and oxygen atoms in total. The average molecular weight is 408 g/mol. The van der Waals surface area contributed by atoms with Gasteiger partial charge in [-0.05, 0) is 12.8 Å². The van der Waals surface area contributed by atoms with Crippen molar-refractivity contribution in [2.24, 2.45) is 0 Å². The normalized spacial score (nSPS) is 13.1. The predicted octanol–water partition coefficient (Wildman–Crippen LogP) is 3.59. The highest BCUT2D eigenvalue weighted by molar-refractivity contribution is 6.35. The second-order valence-corrected chi connectivity index (χ2v) is 6.65. The van der Waals surface area contributed by atoms with Crippen LogP contribution in [0.1, 0.15) is 35.1 Å². The molecule has 1 aromatic heterocycles. The van der Waals surface area contributed by atoms with Crippen LogP contribution in [0.4, 0.5) is 11.5 Å². The first-order chi connectivity index (χ1) is 13.4. The van der Waals surface area contributed by atoms with Gasteiger partial charge in [-0.25, -0.2) is 14.8 Å². The molecule has 0 saturated heterocycles. The van der Waals surface area contributed by atoms with Gasteiger partial charge in [-0.3, -0.25) is 0 Å². The van der Waals surface area contributed by atoms with E-state index in [2.05, 4.69) is 9.97 Å². The lowest BCUT2D eigenvalue weighted by Crippen LogP contribution is -2.17. The Hall–Kier alpha value is -2.74. The zero-order valence-electron chi connectivity index (χ0n) is 16.4. The quantitative estimate of drug-likeness (QED) is 0.644. The highest BCUT2D eigenvalue weighted by atomic mass is 35.5. The molecule has 1 aliphatic carbocycles. The smallest absolute Gasteiger partial charge is 0.358 e. The van der Waals surface area contributed by atoms with Crippen molar-refractivity contribution < 1.29 is 23.7 Å². The van der Waals surface area contributed by atoms with Crippen LogP contribution in [0.2, 0.25) is 5.02 Å². The standard InChI is InChI=1S/C19H22ClN3O5/c1-23(11-8-12(25-2)16(27-4)13(9-11)26-3)18-14(20)15(19(24)28-5)21-17(22-18)10-6-7-10/h8-10H,6-7H2,1-5H3. The summed E-state index contributed by atoms with van der Waals surface area (Å²) in [5, 5.41) is 0.118. The lowest BCUT2D eigenvalue weighted by atomic mass is 10.2. The van der Waals surface area contributed by atoms with Gasteiger partial charge < -0.3 is 23.8 Å². The molecular weight excluding hydrogens is 386 g/mol. The van der Waals surface area contributed by atoms with Crippen LogP contribution in [0.25, 0.3) is 0 Å². The third kappa shape index (κ3) is 3.64. The maximum atomic E-state index is 12.2. The molecule has 0 bridgehead atoms. The Labute approximate surface area is 168 Å². The zero-order chi connectivity index (χ0) is 20.4. The first-order valence-corrected chi connectivity index (χ1v) is 9.02. The maximum Gasteiger partial charge on any atom is 0.358 e. The van der Waals surface area contributed by atoms with E-state index >= 15 is 0 Å². The number of ether oxygens (including phenoxy) is 4. The largest absolute Gasteiger partial charge is 0.493 e. The van der Waals surface area contributed by atoms with Crippen molar-refractivity contribution >= 4 is 29.1 Å². The molecule has 1 aliphatic rings. The number of benzene rings is 1. The van der Waals surface area contributed by atoms with Crippen molar-refractivity contribution in [2.75, 3.05) is 40.4 Å². The van der Waals surface area contributed by atoms with Crippen molar-refractivity contribution in [3.63, 3.8) is 0 Å². The fourth-order valence-electron chi connectivity index (χ4n) is 2.81. The van der Waals surface area contributed by atoms with Crippen LogP contribution in [0.5, 0.6) is 17.2 Å². The van der Waals surface area contributed by atoms with E-state index in [1.807, 2.05) is 0 Å². The monoisotopic (exact) mass is 407 g/mol. The summed E-state index contributed by atoms with van der Waals surface area (Å²) in [7, 11) is 7.70. The fraction of sp³-hybridized carbons (Fsp3) is 0.421. The number of halogens is 1. The maximum absolute atomic E-state index is 12.2. The van der Waals surface area contributed by atoms with Crippen LogP contribution in [0.3, 0.4) is 0 Å². The molecule has 1 heterocycles. The van der Waals surface area contributed by atoms with Gasteiger partial charge in [-0.15, -0.1) is 0 Å². The summed E-state index contributed by atoms with van der Waals surface area (Å²) in [5.41, 5.74) is 0.739. The van der Waals surface area contributed by atoms with E-state index in [4.69, 9.17) is 30.5 Å². The Balaban J connectivity index is 2.13. The van der Waals surface area contributed by atoms with E-state index in [1.54, 1.807) is 38.3 Å². The summed E-state index contributed by atoms with van der Waals surface area (Å²) in [5.74, 6) is 2.06. The third-order valence-corrected chi connectivity index (χ3v) is 4.87. The lowest BCUT2D eigenvalue weighted by molar-refractivity contribution is 0.0593.